The van der Waals surface area contributed by atoms with Crippen molar-refractivity contribution in [2.45, 2.75) is 6.54 Å². The van der Waals surface area contributed by atoms with Crippen molar-refractivity contribution < 1.29 is 23.1 Å². The first-order valence-corrected chi connectivity index (χ1v) is 12.8. The topological polar surface area (TPSA) is 65.1 Å². The summed E-state index contributed by atoms with van der Waals surface area (Å²) in [5, 5.41) is 2.74. The molecular formula is C29H30F2N4O3. The van der Waals surface area contributed by atoms with Gasteiger partial charge < -0.3 is 19.9 Å². The predicted molar refractivity (Wildman–Crippen MR) is 141 cm³/mol. The number of ether oxygens (including phenoxy) is 1. The Morgan fingerprint density at radius 2 is 1.53 bits per heavy atom. The van der Waals surface area contributed by atoms with Gasteiger partial charge in [-0.15, -0.1) is 0 Å². The van der Waals surface area contributed by atoms with Crippen LogP contribution in [-0.4, -0.2) is 74.1 Å². The van der Waals surface area contributed by atoms with Gasteiger partial charge in [0.05, 0.1) is 24.3 Å². The van der Waals surface area contributed by atoms with Gasteiger partial charge in [-0.2, -0.15) is 0 Å². The Hall–Kier alpha value is -3.82. The highest BCUT2D eigenvalue weighted by Crippen LogP contribution is 2.28. The minimum absolute atomic E-state index is 0.0603. The lowest BCUT2D eigenvalue weighted by Crippen LogP contribution is -2.47. The highest BCUT2D eigenvalue weighted by molar-refractivity contribution is 6.06. The minimum atomic E-state index is -0.607. The molecule has 0 spiro atoms. The van der Waals surface area contributed by atoms with Crippen molar-refractivity contribution in [3.63, 3.8) is 0 Å². The summed E-state index contributed by atoms with van der Waals surface area (Å²) < 4.78 is 32.8. The van der Waals surface area contributed by atoms with E-state index >= 15 is 0 Å². The normalized spacial score (nSPS) is 16.4. The lowest BCUT2D eigenvalue weighted by atomic mass is 10.1. The maximum atomic E-state index is 14.1. The van der Waals surface area contributed by atoms with E-state index in [1.165, 1.54) is 30.3 Å². The zero-order valence-electron chi connectivity index (χ0n) is 21.0. The van der Waals surface area contributed by atoms with Gasteiger partial charge in [0.15, 0.2) is 0 Å². The second-order valence-corrected chi connectivity index (χ2v) is 9.46. The summed E-state index contributed by atoms with van der Waals surface area (Å²) >= 11 is 0. The molecule has 2 fully saturated rings. The molecule has 0 aromatic heterocycles. The van der Waals surface area contributed by atoms with Crippen molar-refractivity contribution in [1.29, 1.82) is 0 Å². The molecule has 198 valence electrons. The van der Waals surface area contributed by atoms with E-state index in [0.29, 0.717) is 50.6 Å². The Kier molecular flexibility index (Phi) is 7.95. The number of carbonyl (C=O) groups is 2. The van der Waals surface area contributed by atoms with Crippen LogP contribution in [0.3, 0.4) is 0 Å². The summed E-state index contributed by atoms with van der Waals surface area (Å²) in [6.45, 7) is 5.68. The van der Waals surface area contributed by atoms with Crippen molar-refractivity contribution in [2.75, 3.05) is 62.7 Å². The number of carbonyl (C=O) groups excluding carboxylic acids is 2. The van der Waals surface area contributed by atoms with Gasteiger partial charge in [0, 0.05) is 57.2 Å². The van der Waals surface area contributed by atoms with E-state index in [9.17, 15) is 18.4 Å². The molecule has 9 heteroatoms. The Bertz CT molecular complexity index is 1290. The molecule has 3 aromatic carbocycles. The molecule has 0 saturated carbocycles. The third-order valence-electron chi connectivity index (χ3n) is 6.93. The highest BCUT2D eigenvalue weighted by Gasteiger charge is 2.26. The maximum Gasteiger partial charge on any atom is 0.258 e. The van der Waals surface area contributed by atoms with Crippen LogP contribution in [0, 0.1) is 11.6 Å². The van der Waals surface area contributed by atoms with Crippen LogP contribution in [0.5, 0.6) is 0 Å². The number of halogens is 2. The van der Waals surface area contributed by atoms with Gasteiger partial charge in [0.2, 0.25) is 0 Å². The fraction of sp³-hybridized carbons (Fsp3) is 0.310. The molecule has 2 aliphatic rings. The summed E-state index contributed by atoms with van der Waals surface area (Å²) in [5.41, 5.74) is 2.71. The van der Waals surface area contributed by atoms with Crippen LogP contribution in [-0.2, 0) is 11.3 Å². The molecule has 0 aliphatic carbocycles. The third kappa shape index (κ3) is 6.00. The Labute approximate surface area is 220 Å². The van der Waals surface area contributed by atoms with Crippen LogP contribution in [0.15, 0.2) is 66.7 Å². The number of hydrogen-bond donors (Lipinski definition) is 1. The molecular weight excluding hydrogens is 490 g/mol. The summed E-state index contributed by atoms with van der Waals surface area (Å²) in [4.78, 5) is 32.5. The van der Waals surface area contributed by atoms with Crippen molar-refractivity contribution in [2.24, 2.45) is 0 Å². The van der Waals surface area contributed by atoms with Gasteiger partial charge in [-0.3, -0.25) is 14.5 Å². The molecule has 0 bridgehead atoms. The molecule has 0 atom stereocenters. The Morgan fingerprint density at radius 1 is 0.816 bits per heavy atom. The van der Waals surface area contributed by atoms with Crippen LogP contribution >= 0.6 is 0 Å². The summed E-state index contributed by atoms with van der Waals surface area (Å²) in [7, 11) is 0. The number of hydrogen-bond acceptors (Lipinski definition) is 5. The molecule has 38 heavy (non-hydrogen) atoms. The van der Waals surface area contributed by atoms with Gasteiger partial charge in [-0.25, -0.2) is 8.78 Å². The number of rotatable bonds is 6. The van der Waals surface area contributed by atoms with E-state index in [2.05, 4.69) is 15.1 Å². The second-order valence-electron chi connectivity index (χ2n) is 9.46. The molecule has 0 radical (unpaired) electrons. The monoisotopic (exact) mass is 520 g/mol. The Balaban J connectivity index is 1.34. The van der Waals surface area contributed by atoms with Gasteiger partial charge in [-0.1, -0.05) is 24.3 Å². The first-order valence-electron chi connectivity index (χ1n) is 12.8. The molecule has 7 nitrogen and oxygen atoms in total. The smallest absolute Gasteiger partial charge is 0.258 e. The zero-order valence-corrected chi connectivity index (χ0v) is 21.0. The fourth-order valence-electron chi connectivity index (χ4n) is 4.84. The van der Waals surface area contributed by atoms with E-state index in [1.807, 2.05) is 6.07 Å². The number of nitrogens with zero attached hydrogens (tertiary/aromatic N) is 3. The third-order valence-corrected chi connectivity index (χ3v) is 6.93. The standard InChI is InChI=1S/C29H30F2N4O3/c30-22-7-5-21(6-8-22)20-33-11-13-34(14-12-33)27-10-9-23(32-28(36)24-3-1-2-4-26(24)31)19-25(27)29(37)35-15-17-38-18-16-35/h1-10,19H,11-18,20H2,(H,32,36). The average Bonchev–Trinajstić information content (AvgIpc) is 2.95. The first-order chi connectivity index (χ1) is 18.5. The van der Waals surface area contributed by atoms with E-state index in [0.717, 1.165) is 30.9 Å². The molecule has 1 N–H and O–H groups in total. The predicted octanol–water partition coefficient (Wildman–Crippen LogP) is 4.01. The lowest BCUT2D eigenvalue weighted by Gasteiger charge is -2.37. The van der Waals surface area contributed by atoms with E-state index in [-0.39, 0.29) is 17.3 Å². The van der Waals surface area contributed by atoms with Crippen molar-refractivity contribution in [3.8, 4) is 0 Å². The molecule has 5 rings (SSSR count). The number of piperazine rings is 1. The van der Waals surface area contributed by atoms with Crippen LogP contribution in [0.2, 0.25) is 0 Å². The van der Waals surface area contributed by atoms with Gasteiger partial charge in [0.1, 0.15) is 11.6 Å². The van der Waals surface area contributed by atoms with Crippen LogP contribution in [0.4, 0.5) is 20.2 Å². The summed E-state index contributed by atoms with van der Waals surface area (Å²) in [6, 6.07) is 17.6. The number of morpholine rings is 1. The van der Waals surface area contributed by atoms with Crippen molar-refractivity contribution in [3.05, 3.63) is 95.1 Å². The average molecular weight is 521 g/mol. The van der Waals surface area contributed by atoms with Crippen molar-refractivity contribution >= 4 is 23.2 Å². The molecule has 2 amide bonds. The number of anilines is 2. The first kappa shape index (κ1) is 25.8. The number of amides is 2. The largest absolute Gasteiger partial charge is 0.378 e. The van der Waals surface area contributed by atoms with Crippen LogP contribution in [0.25, 0.3) is 0 Å². The quantitative estimate of drug-likeness (QED) is 0.532. The van der Waals surface area contributed by atoms with Crippen LogP contribution in [0.1, 0.15) is 26.3 Å². The summed E-state index contributed by atoms with van der Waals surface area (Å²) in [5.74, 6) is -1.55. The highest BCUT2D eigenvalue weighted by atomic mass is 19.1. The van der Waals surface area contributed by atoms with Crippen LogP contribution < -0.4 is 10.2 Å². The molecule has 2 aliphatic heterocycles. The zero-order chi connectivity index (χ0) is 26.5. The Morgan fingerprint density at radius 3 is 2.24 bits per heavy atom. The maximum absolute atomic E-state index is 14.1. The minimum Gasteiger partial charge on any atom is -0.378 e. The SMILES string of the molecule is O=C(Nc1ccc(N2CCN(Cc3ccc(F)cc3)CC2)c(C(=O)N2CCOCC2)c1)c1ccccc1F. The van der Waals surface area contributed by atoms with Crippen molar-refractivity contribution in [1.82, 2.24) is 9.80 Å². The molecule has 0 unspecified atom stereocenters. The number of benzene rings is 3. The van der Waals surface area contributed by atoms with E-state index < -0.39 is 11.7 Å². The lowest BCUT2D eigenvalue weighted by molar-refractivity contribution is 0.0303. The molecule has 3 aromatic rings. The van der Waals surface area contributed by atoms with E-state index in [4.69, 9.17) is 4.74 Å². The molecule has 2 heterocycles. The van der Waals surface area contributed by atoms with Gasteiger partial charge >= 0.3 is 0 Å². The summed E-state index contributed by atoms with van der Waals surface area (Å²) in [6.07, 6.45) is 0. The van der Waals surface area contributed by atoms with Gasteiger partial charge in [0.25, 0.3) is 11.8 Å². The second kappa shape index (κ2) is 11.7. The van der Waals surface area contributed by atoms with Gasteiger partial charge in [-0.05, 0) is 48.0 Å². The fourth-order valence-corrected chi connectivity index (χ4v) is 4.84. The molecule has 2 saturated heterocycles. The van der Waals surface area contributed by atoms with E-state index in [1.54, 1.807) is 35.2 Å². The number of nitrogens with one attached hydrogen (secondary N) is 1.